The van der Waals surface area contributed by atoms with Gasteiger partial charge in [-0.3, -0.25) is 0 Å². The van der Waals surface area contributed by atoms with Crippen molar-refractivity contribution in [3.05, 3.63) is 29.8 Å². The highest BCUT2D eigenvalue weighted by atomic mass is 16.5. The average molecular weight is 177 g/mol. The van der Waals surface area contributed by atoms with Gasteiger partial charge in [0.2, 0.25) is 0 Å². The van der Waals surface area contributed by atoms with Crippen molar-refractivity contribution in [1.29, 1.82) is 0 Å². The zero-order chi connectivity index (χ0) is 9.10. The number of benzene rings is 1. The quantitative estimate of drug-likeness (QED) is 0.747. The summed E-state index contributed by atoms with van der Waals surface area (Å²) in [7, 11) is 1.71. The Morgan fingerprint density at radius 3 is 3.08 bits per heavy atom. The van der Waals surface area contributed by atoms with Gasteiger partial charge in [0, 0.05) is 6.04 Å². The summed E-state index contributed by atoms with van der Waals surface area (Å²) in [5.74, 6) is 0.950. The van der Waals surface area contributed by atoms with E-state index in [1.54, 1.807) is 7.11 Å². The molecule has 13 heavy (non-hydrogen) atoms. The van der Waals surface area contributed by atoms with Gasteiger partial charge in [-0.2, -0.15) is 0 Å². The lowest BCUT2D eigenvalue weighted by molar-refractivity contribution is 0.413. The maximum atomic E-state index is 5.19. The fourth-order valence-electron chi connectivity index (χ4n) is 1.83. The second-order valence-electron chi connectivity index (χ2n) is 3.43. The molecule has 0 saturated carbocycles. The van der Waals surface area contributed by atoms with Gasteiger partial charge < -0.3 is 10.1 Å². The number of hydrogen-bond acceptors (Lipinski definition) is 2. The highest BCUT2D eigenvalue weighted by molar-refractivity contribution is 5.30. The van der Waals surface area contributed by atoms with Crippen LogP contribution in [0.15, 0.2) is 24.3 Å². The van der Waals surface area contributed by atoms with Crippen molar-refractivity contribution >= 4 is 0 Å². The molecule has 0 aromatic heterocycles. The van der Waals surface area contributed by atoms with Gasteiger partial charge in [0.15, 0.2) is 0 Å². The van der Waals surface area contributed by atoms with Gasteiger partial charge >= 0.3 is 0 Å². The normalized spacial score (nSPS) is 21.8. The summed E-state index contributed by atoms with van der Waals surface area (Å²) >= 11 is 0. The van der Waals surface area contributed by atoms with Crippen molar-refractivity contribution in [3.8, 4) is 5.75 Å². The Hall–Kier alpha value is -1.02. The number of rotatable bonds is 2. The summed E-state index contributed by atoms with van der Waals surface area (Å²) in [5, 5.41) is 3.47. The molecule has 1 aliphatic rings. The van der Waals surface area contributed by atoms with Crippen LogP contribution < -0.4 is 10.1 Å². The van der Waals surface area contributed by atoms with Crippen LogP contribution in [0.4, 0.5) is 0 Å². The van der Waals surface area contributed by atoms with Crippen LogP contribution in [0.25, 0.3) is 0 Å². The molecule has 1 aromatic carbocycles. The molecule has 1 fully saturated rings. The minimum Gasteiger partial charge on any atom is -0.497 e. The second-order valence-corrected chi connectivity index (χ2v) is 3.43. The minimum atomic E-state index is 0.537. The number of hydrogen-bond donors (Lipinski definition) is 1. The van der Waals surface area contributed by atoms with E-state index in [9.17, 15) is 0 Å². The first-order chi connectivity index (χ1) is 6.40. The van der Waals surface area contributed by atoms with Gasteiger partial charge in [0.05, 0.1) is 7.11 Å². The lowest BCUT2D eigenvalue weighted by Crippen LogP contribution is -2.12. The van der Waals surface area contributed by atoms with Crippen LogP contribution in [0.2, 0.25) is 0 Å². The molecule has 0 bridgehead atoms. The Balaban J connectivity index is 2.18. The maximum Gasteiger partial charge on any atom is 0.119 e. The average Bonchev–Trinajstić information content (AvgIpc) is 2.71. The van der Waals surface area contributed by atoms with Gasteiger partial charge in [0.1, 0.15) is 5.75 Å². The summed E-state index contributed by atoms with van der Waals surface area (Å²) in [6.07, 6.45) is 2.52. The van der Waals surface area contributed by atoms with E-state index in [0.29, 0.717) is 6.04 Å². The minimum absolute atomic E-state index is 0.537. The van der Waals surface area contributed by atoms with Crippen molar-refractivity contribution in [2.24, 2.45) is 0 Å². The van der Waals surface area contributed by atoms with Gasteiger partial charge in [-0.15, -0.1) is 0 Å². The molecule has 1 heterocycles. The Labute approximate surface area is 78.9 Å². The largest absolute Gasteiger partial charge is 0.497 e. The Morgan fingerprint density at radius 2 is 2.38 bits per heavy atom. The van der Waals surface area contributed by atoms with Crippen molar-refractivity contribution in [3.63, 3.8) is 0 Å². The topological polar surface area (TPSA) is 21.3 Å². The van der Waals surface area contributed by atoms with Crippen molar-refractivity contribution in [1.82, 2.24) is 5.32 Å². The number of nitrogens with one attached hydrogen (secondary N) is 1. The first kappa shape index (κ1) is 8.57. The van der Waals surface area contributed by atoms with Crippen LogP contribution in [0.3, 0.4) is 0 Å². The first-order valence-electron chi connectivity index (χ1n) is 4.77. The molecule has 1 atom stereocenters. The van der Waals surface area contributed by atoms with Crippen LogP contribution >= 0.6 is 0 Å². The van der Waals surface area contributed by atoms with E-state index in [0.717, 1.165) is 12.3 Å². The molecule has 1 aromatic rings. The molecule has 2 nitrogen and oxygen atoms in total. The van der Waals surface area contributed by atoms with E-state index in [-0.39, 0.29) is 0 Å². The van der Waals surface area contributed by atoms with Crippen molar-refractivity contribution in [2.45, 2.75) is 18.9 Å². The molecule has 1 saturated heterocycles. The van der Waals surface area contributed by atoms with E-state index in [4.69, 9.17) is 4.74 Å². The van der Waals surface area contributed by atoms with Crippen LogP contribution in [0.5, 0.6) is 5.75 Å². The first-order valence-corrected chi connectivity index (χ1v) is 4.77. The van der Waals surface area contributed by atoms with E-state index in [1.165, 1.54) is 18.4 Å². The molecule has 2 rings (SSSR count). The lowest BCUT2D eigenvalue weighted by Gasteiger charge is -2.11. The molecule has 0 unspecified atom stereocenters. The van der Waals surface area contributed by atoms with Gasteiger partial charge in [-0.1, -0.05) is 12.1 Å². The van der Waals surface area contributed by atoms with Crippen LogP contribution in [-0.2, 0) is 0 Å². The maximum absolute atomic E-state index is 5.19. The Kier molecular flexibility index (Phi) is 2.50. The number of ether oxygens (including phenoxy) is 1. The highest BCUT2D eigenvalue weighted by Gasteiger charge is 2.15. The predicted molar refractivity (Wildman–Crippen MR) is 53.0 cm³/mol. The van der Waals surface area contributed by atoms with Gasteiger partial charge in [-0.25, -0.2) is 0 Å². The second kappa shape index (κ2) is 3.79. The third-order valence-corrected chi connectivity index (χ3v) is 2.56. The molecule has 0 radical (unpaired) electrons. The summed E-state index contributed by atoms with van der Waals surface area (Å²) in [4.78, 5) is 0. The molecular formula is C11H15NO. The van der Waals surface area contributed by atoms with Crippen LogP contribution in [-0.4, -0.2) is 13.7 Å². The van der Waals surface area contributed by atoms with E-state index in [2.05, 4.69) is 17.4 Å². The molecule has 0 amide bonds. The molecule has 70 valence electrons. The van der Waals surface area contributed by atoms with Gasteiger partial charge in [0.25, 0.3) is 0 Å². The van der Waals surface area contributed by atoms with Crippen molar-refractivity contribution in [2.75, 3.05) is 13.7 Å². The molecule has 2 heteroatoms. The van der Waals surface area contributed by atoms with E-state index >= 15 is 0 Å². The molecule has 1 N–H and O–H groups in total. The third-order valence-electron chi connectivity index (χ3n) is 2.56. The van der Waals surface area contributed by atoms with Crippen LogP contribution in [0, 0.1) is 0 Å². The Bertz CT molecular complexity index is 279. The molecule has 0 aliphatic carbocycles. The van der Waals surface area contributed by atoms with E-state index in [1.807, 2.05) is 12.1 Å². The summed E-state index contributed by atoms with van der Waals surface area (Å²) in [5.41, 5.74) is 1.34. The highest BCUT2D eigenvalue weighted by Crippen LogP contribution is 2.25. The van der Waals surface area contributed by atoms with Crippen LogP contribution in [0.1, 0.15) is 24.4 Å². The summed E-state index contributed by atoms with van der Waals surface area (Å²) < 4.78 is 5.19. The predicted octanol–water partition coefficient (Wildman–Crippen LogP) is 2.12. The SMILES string of the molecule is COc1cccc([C@H]2CCCN2)c1. The molecule has 1 aliphatic heterocycles. The summed E-state index contributed by atoms with van der Waals surface area (Å²) in [6.45, 7) is 1.14. The number of methoxy groups -OCH3 is 1. The molecular weight excluding hydrogens is 162 g/mol. The lowest BCUT2D eigenvalue weighted by atomic mass is 10.1. The van der Waals surface area contributed by atoms with Gasteiger partial charge in [-0.05, 0) is 37.1 Å². The fourth-order valence-corrected chi connectivity index (χ4v) is 1.83. The monoisotopic (exact) mass is 177 g/mol. The standard InChI is InChI=1S/C11H15NO/c1-13-10-5-2-4-9(8-10)11-6-3-7-12-11/h2,4-5,8,11-12H,3,6-7H2,1H3/t11-/m1/s1. The van der Waals surface area contributed by atoms with E-state index < -0.39 is 0 Å². The molecule has 0 spiro atoms. The fraction of sp³-hybridized carbons (Fsp3) is 0.455. The Morgan fingerprint density at radius 1 is 1.46 bits per heavy atom. The van der Waals surface area contributed by atoms with Crippen molar-refractivity contribution < 1.29 is 4.74 Å². The zero-order valence-corrected chi connectivity index (χ0v) is 7.92. The smallest absolute Gasteiger partial charge is 0.119 e. The zero-order valence-electron chi connectivity index (χ0n) is 7.92. The third kappa shape index (κ3) is 1.83. The summed E-state index contributed by atoms with van der Waals surface area (Å²) in [6, 6.07) is 8.84.